The molecule has 0 unspecified atom stereocenters. The Bertz CT molecular complexity index is 1000. The quantitative estimate of drug-likeness (QED) is 0.440. The summed E-state index contributed by atoms with van der Waals surface area (Å²) in [5.41, 5.74) is 6.24. The van der Waals surface area contributed by atoms with E-state index in [-0.39, 0.29) is 29.4 Å². The predicted octanol–water partition coefficient (Wildman–Crippen LogP) is 1.96. The van der Waals surface area contributed by atoms with Crippen molar-refractivity contribution >= 4 is 28.4 Å². The van der Waals surface area contributed by atoms with Gasteiger partial charge in [-0.2, -0.15) is 4.58 Å². The van der Waals surface area contributed by atoms with Crippen molar-refractivity contribution in [3.63, 3.8) is 0 Å². The van der Waals surface area contributed by atoms with Crippen molar-refractivity contribution in [2.24, 2.45) is 0 Å². The van der Waals surface area contributed by atoms with Crippen molar-refractivity contribution in [2.45, 2.75) is 19.3 Å². The average Bonchev–Trinajstić information content (AvgIpc) is 2.80. The molecule has 2 aromatic carbocycles. The number of allylic oxidation sites excluding steroid dienone is 1. The third-order valence-corrected chi connectivity index (χ3v) is 5.00. The monoisotopic (exact) mass is 440 g/mol. The lowest BCUT2D eigenvalue weighted by molar-refractivity contribution is -0.401. The number of hydrogen-bond acceptors (Lipinski definition) is 1. The molecule has 0 N–H and O–H groups in total. The number of pyridine rings is 1. The summed E-state index contributed by atoms with van der Waals surface area (Å²) in [6, 6.07) is 19.1. The van der Waals surface area contributed by atoms with E-state index in [0.29, 0.717) is 0 Å². The first-order valence-electron chi connectivity index (χ1n) is 8.31. The summed E-state index contributed by atoms with van der Waals surface area (Å²) in [5.74, 6) is 0. The molecular formula is C22H21IN2. The molecule has 25 heavy (non-hydrogen) atoms. The van der Waals surface area contributed by atoms with Gasteiger partial charge in [0.25, 0.3) is 0 Å². The second kappa shape index (κ2) is 6.71. The Kier molecular flexibility index (Phi) is 4.78. The fraction of sp³-hybridized carbons (Fsp3) is 0.182. The summed E-state index contributed by atoms with van der Waals surface area (Å²) in [7, 11) is 2.15. The van der Waals surface area contributed by atoms with E-state index >= 15 is 0 Å². The van der Waals surface area contributed by atoms with Gasteiger partial charge in [0.05, 0.1) is 10.9 Å². The topological polar surface area (TPSA) is 15.9 Å². The molecule has 1 aliphatic rings. The summed E-state index contributed by atoms with van der Waals surface area (Å²) in [6.45, 7) is 4.58. The van der Waals surface area contributed by atoms with E-state index in [2.05, 4.69) is 91.1 Å². The van der Waals surface area contributed by atoms with Gasteiger partial charge in [0, 0.05) is 29.3 Å². The molecule has 2 nitrogen and oxygen atoms in total. The molecular weight excluding hydrogens is 419 g/mol. The van der Waals surface area contributed by atoms with Gasteiger partial charge in [-0.05, 0) is 43.7 Å². The zero-order chi connectivity index (χ0) is 16.7. The highest BCUT2D eigenvalue weighted by Crippen LogP contribution is 2.39. The van der Waals surface area contributed by atoms with Crippen LogP contribution in [0.25, 0.3) is 17.0 Å². The molecule has 0 saturated heterocycles. The molecule has 4 rings (SSSR count). The standard InChI is InChI=1S/C22H21N2.HI/c1-22(2)18-8-4-5-9-20(18)24(3)21(22)13-11-16-10-12-19-17(15-16)7-6-14-23-19;/h4-15H,1-3H3;1H/q+1;/p-1. The van der Waals surface area contributed by atoms with Crippen molar-refractivity contribution in [3.8, 4) is 0 Å². The van der Waals surface area contributed by atoms with E-state index in [0.717, 1.165) is 5.52 Å². The average molecular weight is 440 g/mol. The fourth-order valence-electron chi connectivity index (χ4n) is 3.67. The van der Waals surface area contributed by atoms with E-state index in [4.69, 9.17) is 0 Å². The molecule has 126 valence electrons. The summed E-state index contributed by atoms with van der Waals surface area (Å²) in [4.78, 5) is 4.38. The van der Waals surface area contributed by atoms with E-state index in [1.54, 1.807) is 0 Å². The molecule has 0 bridgehead atoms. The third kappa shape index (κ3) is 3.01. The van der Waals surface area contributed by atoms with Gasteiger partial charge in [0.2, 0.25) is 5.69 Å². The van der Waals surface area contributed by atoms with Crippen LogP contribution in [0, 0.1) is 0 Å². The lowest BCUT2D eigenvalue weighted by Crippen LogP contribution is -3.00. The summed E-state index contributed by atoms with van der Waals surface area (Å²) in [6.07, 6.45) is 6.28. The Morgan fingerprint density at radius 3 is 2.56 bits per heavy atom. The van der Waals surface area contributed by atoms with Gasteiger partial charge in [-0.25, -0.2) is 0 Å². The van der Waals surface area contributed by atoms with Crippen LogP contribution in [0.2, 0.25) is 0 Å². The first-order valence-corrected chi connectivity index (χ1v) is 8.31. The molecule has 2 heterocycles. The third-order valence-electron chi connectivity index (χ3n) is 5.00. The lowest BCUT2D eigenvalue weighted by Gasteiger charge is -2.15. The first kappa shape index (κ1) is 17.8. The molecule has 0 amide bonds. The Labute approximate surface area is 165 Å². The van der Waals surface area contributed by atoms with E-state index in [9.17, 15) is 0 Å². The molecule has 3 heteroatoms. The number of benzene rings is 2. The van der Waals surface area contributed by atoms with Crippen LogP contribution in [-0.4, -0.2) is 22.3 Å². The fourth-order valence-corrected chi connectivity index (χ4v) is 3.67. The van der Waals surface area contributed by atoms with Gasteiger partial charge in [-0.1, -0.05) is 30.3 Å². The SMILES string of the molecule is C[N+]1=C(/C=C/c2ccc3ncccc3c2)C(C)(C)c2ccccc21.[I-]. The van der Waals surface area contributed by atoms with Crippen molar-refractivity contribution in [1.82, 2.24) is 4.98 Å². The maximum absolute atomic E-state index is 4.38. The van der Waals surface area contributed by atoms with Crippen molar-refractivity contribution in [2.75, 3.05) is 7.05 Å². The number of rotatable bonds is 2. The Balaban J connectivity index is 0.00000182. The van der Waals surface area contributed by atoms with Crippen molar-refractivity contribution < 1.29 is 28.6 Å². The van der Waals surface area contributed by atoms with Gasteiger partial charge in [0.15, 0.2) is 5.71 Å². The van der Waals surface area contributed by atoms with Gasteiger partial charge in [0.1, 0.15) is 7.05 Å². The number of hydrogen-bond donors (Lipinski definition) is 0. The molecule has 0 aliphatic carbocycles. The summed E-state index contributed by atoms with van der Waals surface area (Å²) >= 11 is 0. The van der Waals surface area contributed by atoms with Crippen LogP contribution in [0.4, 0.5) is 5.69 Å². The zero-order valence-electron chi connectivity index (χ0n) is 14.7. The molecule has 1 aromatic heterocycles. The van der Waals surface area contributed by atoms with E-state index < -0.39 is 0 Å². The number of fused-ring (bicyclic) bond motifs is 2. The van der Waals surface area contributed by atoms with E-state index in [1.807, 2.05) is 12.3 Å². The predicted molar refractivity (Wildman–Crippen MR) is 101 cm³/mol. The van der Waals surface area contributed by atoms with Crippen LogP contribution in [0.15, 0.2) is 66.9 Å². The number of nitrogens with zero attached hydrogens (tertiary/aromatic N) is 2. The molecule has 0 atom stereocenters. The first-order chi connectivity index (χ1) is 11.6. The van der Waals surface area contributed by atoms with Crippen LogP contribution >= 0.6 is 0 Å². The highest BCUT2D eigenvalue weighted by atomic mass is 127. The number of para-hydroxylation sites is 1. The Morgan fingerprint density at radius 1 is 0.960 bits per heavy atom. The molecule has 0 spiro atoms. The van der Waals surface area contributed by atoms with Crippen LogP contribution < -0.4 is 24.0 Å². The summed E-state index contributed by atoms with van der Waals surface area (Å²) < 4.78 is 2.30. The van der Waals surface area contributed by atoms with Crippen LogP contribution in [0.5, 0.6) is 0 Å². The van der Waals surface area contributed by atoms with Gasteiger partial charge in [-0.3, -0.25) is 4.98 Å². The molecule has 1 aliphatic heterocycles. The Hall–Kier alpha value is -2.01. The summed E-state index contributed by atoms with van der Waals surface area (Å²) in [5, 5.41) is 1.17. The lowest BCUT2D eigenvalue weighted by atomic mass is 9.81. The molecule has 0 saturated carbocycles. The number of aromatic nitrogens is 1. The molecule has 0 fully saturated rings. The molecule has 0 radical (unpaired) electrons. The zero-order valence-corrected chi connectivity index (χ0v) is 16.9. The minimum Gasteiger partial charge on any atom is -1.00 e. The highest BCUT2D eigenvalue weighted by molar-refractivity contribution is 6.05. The van der Waals surface area contributed by atoms with Crippen LogP contribution in [-0.2, 0) is 5.41 Å². The minimum absolute atomic E-state index is 0. The maximum atomic E-state index is 4.38. The highest BCUT2D eigenvalue weighted by Gasteiger charge is 2.42. The maximum Gasteiger partial charge on any atom is 0.209 e. The Morgan fingerprint density at radius 2 is 1.76 bits per heavy atom. The van der Waals surface area contributed by atoms with Gasteiger partial charge >= 0.3 is 0 Å². The van der Waals surface area contributed by atoms with E-state index in [1.165, 1.54) is 27.9 Å². The second-order valence-electron chi connectivity index (χ2n) is 6.88. The normalized spacial score (nSPS) is 15.5. The van der Waals surface area contributed by atoms with Crippen molar-refractivity contribution in [3.05, 3.63) is 78.0 Å². The minimum atomic E-state index is 0. The molecule has 3 aromatic rings. The van der Waals surface area contributed by atoms with Crippen molar-refractivity contribution in [1.29, 1.82) is 0 Å². The number of halogens is 1. The smallest absolute Gasteiger partial charge is 0.209 e. The van der Waals surface area contributed by atoms with Gasteiger partial charge < -0.3 is 24.0 Å². The van der Waals surface area contributed by atoms with Crippen LogP contribution in [0.1, 0.15) is 25.0 Å². The second-order valence-corrected chi connectivity index (χ2v) is 6.88. The van der Waals surface area contributed by atoms with Gasteiger partial charge in [-0.15, -0.1) is 0 Å². The van der Waals surface area contributed by atoms with Crippen LogP contribution in [0.3, 0.4) is 0 Å². The largest absolute Gasteiger partial charge is 1.00 e.